The lowest BCUT2D eigenvalue weighted by Crippen LogP contribution is -2.19. The summed E-state index contributed by atoms with van der Waals surface area (Å²) in [6.45, 7) is 0. The quantitative estimate of drug-likeness (QED) is 0.919. The molecule has 1 atom stereocenters. The maximum absolute atomic E-state index is 14.1. The molecule has 0 aliphatic carbocycles. The third-order valence-corrected chi connectivity index (χ3v) is 3.27. The Morgan fingerprint density at radius 3 is 2.42 bits per heavy atom. The zero-order valence-corrected chi connectivity index (χ0v) is 11.5. The normalized spacial score (nSPS) is 12.2. The van der Waals surface area contributed by atoms with Crippen molar-refractivity contribution in [1.29, 1.82) is 0 Å². The smallest absolute Gasteiger partial charge is 0.132 e. The van der Waals surface area contributed by atoms with E-state index in [9.17, 15) is 4.39 Å². The second-order valence-corrected chi connectivity index (χ2v) is 4.57. The van der Waals surface area contributed by atoms with Crippen LogP contribution in [0.2, 0.25) is 5.02 Å². The van der Waals surface area contributed by atoms with Crippen LogP contribution in [0.3, 0.4) is 0 Å². The van der Waals surface area contributed by atoms with Crippen LogP contribution in [0, 0.1) is 5.82 Å². The van der Waals surface area contributed by atoms with Crippen LogP contribution in [0.1, 0.15) is 17.2 Å². The van der Waals surface area contributed by atoms with Gasteiger partial charge in [-0.05, 0) is 36.9 Å². The summed E-state index contributed by atoms with van der Waals surface area (Å²) in [6, 6.07) is 11.8. The van der Waals surface area contributed by atoms with Crippen molar-refractivity contribution in [3.8, 4) is 5.75 Å². The molecule has 1 unspecified atom stereocenters. The molecular weight excluding hydrogens is 265 g/mol. The highest BCUT2D eigenvalue weighted by Crippen LogP contribution is 2.32. The van der Waals surface area contributed by atoms with Crippen molar-refractivity contribution in [1.82, 2.24) is 5.32 Å². The molecule has 19 heavy (non-hydrogen) atoms. The molecule has 2 rings (SSSR count). The fourth-order valence-corrected chi connectivity index (χ4v) is 2.23. The molecule has 100 valence electrons. The predicted octanol–water partition coefficient (Wildman–Crippen LogP) is 3.80. The van der Waals surface area contributed by atoms with Gasteiger partial charge in [-0.25, -0.2) is 4.39 Å². The van der Waals surface area contributed by atoms with Crippen LogP contribution in [0.4, 0.5) is 4.39 Å². The summed E-state index contributed by atoms with van der Waals surface area (Å²) < 4.78 is 19.3. The SMILES string of the molecule is CNC(c1ccc(Cl)cc1)c1c(F)cccc1OC. The third kappa shape index (κ3) is 2.88. The first-order valence-corrected chi connectivity index (χ1v) is 6.30. The number of ether oxygens (including phenoxy) is 1. The topological polar surface area (TPSA) is 21.3 Å². The molecule has 0 aliphatic heterocycles. The van der Waals surface area contributed by atoms with Gasteiger partial charge in [0.25, 0.3) is 0 Å². The number of nitrogens with one attached hydrogen (secondary N) is 1. The summed E-state index contributed by atoms with van der Waals surface area (Å²) in [5.74, 6) is 0.225. The van der Waals surface area contributed by atoms with Crippen molar-refractivity contribution in [2.45, 2.75) is 6.04 Å². The molecule has 0 heterocycles. The fourth-order valence-electron chi connectivity index (χ4n) is 2.11. The monoisotopic (exact) mass is 279 g/mol. The van der Waals surface area contributed by atoms with Gasteiger partial charge in [0.2, 0.25) is 0 Å². The van der Waals surface area contributed by atoms with E-state index in [2.05, 4.69) is 5.32 Å². The van der Waals surface area contributed by atoms with Crippen molar-refractivity contribution >= 4 is 11.6 Å². The van der Waals surface area contributed by atoms with Crippen LogP contribution >= 0.6 is 11.6 Å². The molecule has 0 aromatic heterocycles. The van der Waals surface area contributed by atoms with Gasteiger partial charge in [0.1, 0.15) is 11.6 Å². The Hall–Kier alpha value is -1.58. The van der Waals surface area contributed by atoms with E-state index < -0.39 is 0 Å². The number of benzene rings is 2. The molecule has 0 saturated heterocycles. The molecule has 4 heteroatoms. The molecule has 2 nitrogen and oxygen atoms in total. The molecule has 0 radical (unpaired) electrons. The molecule has 0 amide bonds. The van der Waals surface area contributed by atoms with Gasteiger partial charge in [-0.3, -0.25) is 0 Å². The molecule has 0 fully saturated rings. The van der Waals surface area contributed by atoms with Crippen molar-refractivity contribution < 1.29 is 9.13 Å². The van der Waals surface area contributed by atoms with Crippen LogP contribution in [-0.2, 0) is 0 Å². The summed E-state index contributed by atoms with van der Waals surface area (Å²) in [5, 5.41) is 3.76. The second-order valence-electron chi connectivity index (χ2n) is 4.13. The second kappa shape index (κ2) is 6.04. The summed E-state index contributed by atoms with van der Waals surface area (Å²) >= 11 is 5.88. The standard InChI is InChI=1S/C15H15ClFNO/c1-18-15(10-6-8-11(16)9-7-10)14-12(17)4-3-5-13(14)19-2/h3-9,15,18H,1-2H3. The Kier molecular flexibility index (Phi) is 4.40. The largest absolute Gasteiger partial charge is 0.496 e. The van der Waals surface area contributed by atoms with E-state index in [1.165, 1.54) is 13.2 Å². The minimum absolute atomic E-state index is 0.284. The lowest BCUT2D eigenvalue weighted by molar-refractivity contribution is 0.398. The molecule has 2 aromatic carbocycles. The first kappa shape index (κ1) is 13.8. The molecule has 0 bridgehead atoms. The zero-order chi connectivity index (χ0) is 13.8. The summed E-state index contributed by atoms with van der Waals surface area (Å²) in [5.41, 5.74) is 1.42. The molecule has 2 aromatic rings. The van der Waals surface area contributed by atoms with Gasteiger partial charge in [0.05, 0.1) is 18.7 Å². The van der Waals surface area contributed by atoms with E-state index in [1.807, 2.05) is 12.1 Å². The van der Waals surface area contributed by atoms with Gasteiger partial charge >= 0.3 is 0 Å². The van der Waals surface area contributed by atoms with Crippen molar-refractivity contribution in [2.75, 3.05) is 14.2 Å². The summed E-state index contributed by atoms with van der Waals surface area (Å²) in [7, 11) is 3.32. The maximum Gasteiger partial charge on any atom is 0.132 e. The van der Waals surface area contributed by atoms with Crippen molar-refractivity contribution in [3.05, 3.63) is 64.4 Å². The van der Waals surface area contributed by atoms with Crippen molar-refractivity contribution in [2.24, 2.45) is 0 Å². The lowest BCUT2D eigenvalue weighted by atomic mass is 9.97. The van der Waals surface area contributed by atoms with Gasteiger partial charge in [-0.1, -0.05) is 29.8 Å². The van der Waals surface area contributed by atoms with Crippen LogP contribution in [0.15, 0.2) is 42.5 Å². The van der Waals surface area contributed by atoms with Gasteiger partial charge in [-0.2, -0.15) is 0 Å². The Balaban J connectivity index is 2.50. The van der Waals surface area contributed by atoms with Gasteiger partial charge in [-0.15, -0.1) is 0 Å². The van der Waals surface area contributed by atoms with Gasteiger partial charge in [0, 0.05) is 5.02 Å². The number of methoxy groups -OCH3 is 1. The fraction of sp³-hybridized carbons (Fsp3) is 0.200. The first-order chi connectivity index (χ1) is 9.17. The molecule has 0 saturated carbocycles. The van der Waals surface area contributed by atoms with E-state index >= 15 is 0 Å². The molecule has 0 spiro atoms. The van der Waals surface area contributed by atoms with E-state index in [4.69, 9.17) is 16.3 Å². The highest BCUT2D eigenvalue weighted by atomic mass is 35.5. The van der Waals surface area contributed by atoms with Crippen LogP contribution in [-0.4, -0.2) is 14.2 Å². The number of halogens is 2. The molecular formula is C15H15ClFNO. The molecule has 1 N–H and O–H groups in total. The average Bonchev–Trinajstić information content (AvgIpc) is 2.43. The van der Waals surface area contributed by atoms with E-state index in [0.29, 0.717) is 16.3 Å². The third-order valence-electron chi connectivity index (χ3n) is 3.01. The first-order valence-electron chi connectivity index (χ1n) is 5.92. The van der Waals surface area contributed by atoms with Crippen LogP contribution < -0.4 is 10.1 Å². The highest BCUT2D eigenvalue weighted by Gasteiger charge is 2.20. The minimum Gasteiger partial charge on any atom is -0.496 e. The maximum atomic E-state index is 14.1. The lowest BCUT2D eigenvalue weighted by Gasteiger charge is -2.20. The summed E-state index contributed by atoms with van der Waals surface area (Å²) in [6.07, 6.45) is 0. The Morgan fingerprint density at radius 2 is 1.84 bits per heavy atom. The summed E-state index contributed by atoms with van der Waals surface area (Å²) in [4.78, 5) is 0. The van der Waals surface area contributed by atoms with Crippen LogP contribution in [0.25, 0.3) is 0 Å². The van der Waals surface area contributed by atoms with Crippen molar-refractivity contribution in [3.63, 3.8) is 0 Å². The van der Waals surface area contributed by atoms with Crippen LogP contribution in [0.5, 0.6) is 5.75 Å². The van der Waals surface area contributed by atoms with Gasteiger partial charge < -0.3 is 10.1 Å². The highest BCUT2D eigenvalue weighted by molar-refractivity contribution is 6.30. The average molecular weight is 280 g/mol. The Labute approximate surface area is 117 Å². The Bertz CT molecular complexity index is 557. The predicted molar refractivity (Wildman–Crippen MR) is 75.3 cm³/mol. The van der Waals surface area contributed by atoms with E-state index in [0.717, 1.165) is 5.56 Å². The van der Waals surface area contributed by atoms with Gasteiger partial charge in [0.15, 0.2) is 0 Å². The van der Waals surface area contributed by atoms with E-state index in [-0.39, 0.29) is 11.9 Å². The zero-order valence-electron chi connectivity index (χ0n) is 10.8. The number of hydrogen-bond acceptors (Lipinski definition) is 2. The Morgan fingerprint density at radius 1 is 1.16 bits per heavy atom. The van der Waals surface area contributed by atoms with E-state index in [1.54, 1.807) is 31.3 Å². The number of hydrogen-bond donors (Lipinski definition) is 1. The minimum atomic E-state index is -0.298. The number of rotatable bonds is 4. The molecule has 0 aliphatic rings.